The molecule has 1 amide bonds. The fraction of sp³-hybridized carbons (Fsp3) is 0.278. The van der Waals surface area contributed by atoms with Crippen molar-refractivity contribution in [3.8, 4) is 11.1 Å². The third-order valence-electron chi connectivity index (χ3n) is 3.94. The van der Waals surface area contributed by atoms with E-state index in [-0.39, 0.29) is 5.91 Å². The van der Waals surface area contributed by atoms with E-state index in [9.17, 15) is 4.79 Å². The Balaban J connectivity index is 1.98. The molecule has 3 rings (SSSR count). The number of halogens is 1. The number of rotatable bonds is 4. The molecule has 0 saturated carbocycles. The number of aromatic nitrogens is 3. The van der Waals surface area contributed by atoms with E-state index >= 15 is 0 Å². The number of aryl methyl sites for hydroxylation is 4. The number of nitrogens with one attached hydrogen (secondary N) is 1. The van der Waals surface area contributed by atoms with Gasteiger partial charge in [-0.2, -0.15) is 5.10 Å². The topological polar surface area (TPSA) is 59.8 Å². The Hall–Kier alpha value is -1.99. The maximum Gasteiger partial charge on any atom is 0.268 e. The van der Waals surface area contributed by atoms with Crippen LogP contribution in [0.3, 0.4) is 0 Å². The van der Waals surface area contributed by atoms with Crippen LogP contribution >= 0.6 is 27.3 Å². The highest BCUT2D eigenvalue weighted by molar-refractivity contribution is 9.10. The summed E-state index contributed by atoms with van der Waals surface area (Å²) in [5.74, 6) is 0.548. The highest BCUT2D eigenvalue weighted by Crippen LogP contribution is 2.32. The van der Waals surface area contributed by atoms with E-state index in [4.69, 9.17) is 0 Å². The summed E-state index contributed by atoms with van der Waals surface area (Å²) in [7, 11) is 1.84. The minimum Gasteiger partial charge on any atom is -0.305 e. The van der Waals surface area contributed by atoms with E-state index in [1.807, 2.05) is 52.1 Å². The summed E-state index contributed by atoms with van der Waals surface area (Å²) in [6.07, 6.45) is 0.827. The van der Waals surface area contributed by atoms with Crippen molar-refractivity contribution in [3.05, 3.63) is 50.0 Å². The van der Waals surface area contributed by atoms with Crippen molar-refractivity contribution in [1.29, 1.82) is 0 Å². The van der Waals surface area contributed by atoms with Gasteiger partial charge >= 0.3 is 0 Å². The van der Waals surface area contributed by atoms with Crippen LogP contribution in [0.5, 0.6) is 0 Å². The Kier molecular flexibility index (Phi) is 5.06. The monoisotopic (exact) mass is 418 g/mol. The van der Waals surface area contributed by atoms with E-state index in [2.05, 4.69) is 31.3 Å². The molecule has 0 radical (unpaired) electrons. The summed E-state index contributed by atoms with van der Waals surface area (Å²) in [6.45, 7) is 5.85. The van der Waals surface area contributed by atoms with Gasteiger partial charge in [-0.25, -0.2) is 4.98 Å². The van der Waals surface area contributed by atoms with Crippen molar-refractivity contribution in [2.45, 2.75) is 27.2 Å². The molecule has 7 heteroatoms. The van der Waals surface area contributed by atoms with Gasteiger partial charge in [0.05, 0.1) is 16.4 Å². The van der Waals surface area contributed by atoms with Gasteiger partial charge in [-0.1, -0.05) is 35.0 Å². The van der Waals surface area contributed by atoms with Crippen LogP contribution in [0.1, 0.15) is 33.0 Å². The third-order valence-corrected chi connectivity index (χ3v) is 5.77. The summed E-state index contributed by atoms with van der Waals surface area (Å²) in [4.78, 5) is 17.9. The molecule has 2 aromatic heterocycles. The Bertz CT molecular complexity index is 927. The van der Waals surface area contributed by atoms with Crippen LogP contribution in [0.4, 0.5) is 5.82 Å². The molecule has 0 saturated heterocycles. The molecule has 0 unspecified atom stereocenters. The van der Waals surface area contributed by atoms with Gasteiger partial charge in [0.25, 0.3) is 5.91 Å². The van der Waals surface area contributed by atoms with Crippen LogP contribution in [-0.4, -0.2) is 20.7 Å². The second kappa shape index (κ2) is 7.09. The lowest BCUT2D eigenvalue weighted by atomic mass is 10.1. The van der Waals surface area contributed by atoms with Crippen LogP contribution in [-0.2, 0) is 13.5 Å². The molecule has 2 heterocycles. The van der Waals surface area contributed by atoms with Gasteiger partial charge in [0.2, 0.25) is 0 Å². The van der Waals surface area contributed by atoms with Crippen molar-refractivity contribution in [1.82, 2.24) is 14.8 Å². The SMILES string of the molecule is CCc1nc(C)c(C(=O)Nc2c(-c3ccc(Br)cc3)c(C)nn2C)s1. The van der Waals surface area contributed by atoms with Gasteiger partial charge in [0, 0.05) is 17.1 Å². The first-order chi connectivity index (χ1) is 11.9. The summed E-state index contributed by atoms with van der Waals surface area (Å²) in [5.41, 5.74) is 3.58. The Morgan fingerprint density at radius 3 is 2.52 bits per heavy atom. The molecule has 130 valence electrons. The number of carbonyl (C=O) groups is 1. The lowest BCUT2D eigenvalue weighted by Crippen LogP contribution is -2.15. The smallest absolute Gasteiger partial charge is 0.268 e. The second-order valence-electron chi connectivity index (χ2n) is 5.77. The van der Waals surface area contributed by atoms with Gasteiger partial charge < -0.3 is 5.32 Å². The van der Waals surface area contributed by atoms with Gasteiger partial charge in [0.1, 0.15) is 10.7 Å². The highest BCUT2D eigenvalue weighted by atomic mass is 79.9. The van der Waals surface area contributed by atoms with E-state index in [1.54, 1.807) is 4.68 Å². The zero-order valence-electron chi connectivity index (χ0n) is 14.6. The molecule has 0 bridgehead atoms. The number of carbonyl (C=O) groups excluding carboxylic acids is 1. The largest absolute Gasteiger partial charge is 0.305 e. The quantitative estimate of drug-likeness (QED) is 0.665. The molecule has 0 aliphatic heterocycles. The first kappa shape index (κ1) is 17.8. The summed E-state index contributed by atoms with van der Waals surface area (Å²) in [6, 6.07) is 7.98. The van der Waals surface area contributed by atoms with E-state index < -0.39 is 0 Å². The van der Waals surface area contributed by atoms with E-state index in [1.165, 1.54) is 11.3 Å². The molecule has 5 nitrogen and oxygen atoms in total. The van der Waals surface area contributed by atoms with Crippen LogP contribution in [0.25, 0.3) is 11.1 Å². The number of amides is 1. The highest BCUT2D eigenvalue weighted by Gasteiger charge is 2.21. The molecule has 0 aliphatic rings. The minimum atomic E-state index is -0.143. The number of hydrogen-bond acceptors (Lipinski definition) is 4. The van der Waals surface area contributed by atoms with Crippen LogP contribution in [0, 0.1) is 13.8 Å². The summed E-state index contributed by atoms with van der Waals surface area (Å²) in [5, 5.41) is 8.48. The van der Waals surface area contributed by atoms with Crippen LogP contribution in [0.2, 0.25) is 0 Å². The van der Waals surface area contributed by atoms with Gasteiger partial charge in [-0.05, 0) is 38.0 Å². The molecule has 1 aromatic carbocycles. The standard InChI is InChI=1S/C18H19BrN4OS/c1-5-14-20-11(3)16(25-14)18(24)21-17-15(10(2)22-23(17)4)12-6-8-13(19)9-7-12/h6-9H,5H2,1-4H3,(H,21,24). The molecule has 1 N–H and O–H groups in total. The number of nitrogens with zero attached hydrogens (tertiary/aromatic N) is 3. The molecular weight excluding hydrogens is 400 g/mol. The first-order valence-electron chi connectivity index (χ1n) is 7.98. The zero-order chi connectivity index (χ0) is 18.1. The Morgan fingerprint density at radius 2 is 1.92 bits per heavy atom. The lowest BCUT2D eigenvalue weighted by Gasteiger charge is -2.09. The maximum atomic E-state index is 12.8. The average Bonchev–Trinajstić information content (AvgIpc) is 3.08. The van der Waals surface area contributed by atoms with Crippen LogP contribution < -0.4 is 5.32 Å². The van der Waals surface area contributed by atoms with Gasteiger partial charge in [0.15, 0.2) is 0 Å². The van der Waals surface area contributed by atoms with Crippen molar-refractivity contribution in [3.63, 3.8) is 0 Å². The van der Waals surface area contributed by atoms with Crippen molar-refractivity contribution < 1.29 is 4.79 Å². The summed E-state index contributed by atoms with van der Waals surface area (Å²) >= 11 is 4.90. The third kappa shape index (κ3) is 3.52. The van der Waals surface area contributed by atoms with Gasteiger partial charge in [-0.3, -0.25) is 9.48 Å². The summed E-state index contributed by atoms with van der Waals surface area (Å²) < 4.78 is 2.72. The fourth-order valence-corrected chi connectivity index (χ4v) is 3.91. The zero-order valence-corrected chi connectivity index (χ0v) is 17.0. The predicted molar refractivity (Wildman–Crippen MR) is 105 cm³/mol. The average molecular weight is 419 g/mol. The predicted octanol–water partition coefficient (Wildman–Crippen LogP) is 4.74. The fourth-order valence-electron chi connectivity index (χ4n) is 2.74. The molecule has 25 heavy (non-hydrogen) atoms. The molecule has 0 atom stereocenters. The molecule has 0 aliphatic carbocycles. The second-order valence-corrected chi connectivity index (χ2v) is 7.77. The van der Waals surface area contributed by atoms with Crippen molar-refractivity contribution in [2.24, 2.45) is 7.05 Å². The molecular formula is C18H19BrN4OS. The van der Waals surface area contributed by atoms with E-state index in [0.717, 1.165) is 38.4 Å². The Morgan fingerprint density at radius 1 is 1.24 bits per heavy atom. The number of thiazole rings is 1. The molecule has 0 spiro atoms. The first-order valence-corrected chi connectivity index (χ1v) is 9.58. The number of hydrogen-bond donors (Lipinski definition) is 1. The molecule has 0 fully saturated rings. The van der Waals surface area contributed by atoms with Crippen LogP contribution in [0.15, 0.2) is 28.7 Å². The van der Waals surface area contributed by atoms with Crippen molar-refractivity contribution in [2.75, 3.05) is 5.32 Å². The number of benzene rings is 1. The lowest BCUT2D eigenvalue weighted by molar-refractivity contribution is 0.102. The number of anilines is 1. The minimum absolute atomic E-state index is 0.143. The normalized spacial score (nSPS) is 10.9. The maximum absolute atomic E-state index is 12.8. The van der Waals surface area contributed by atoms with Gasteiger partial charge in [-0.15, -0.1) is 11.3 Å². The Labute approximate surface area is 159 Å². The molecule has 3 aromatic rings. The van der Waals surface area contributed by atoms with E-state index in [0.29, 0.717) is 10.7 Å². The van der Waals surface area contributed by atoms with Crippen molar-refractivity contribution >= 4 is 39.0 Å².